The number of nitrogens with zero attached hydrogens (tertiary/aromatic N) is 2. The Hall–Kier alpha value is -2.83. The molecule has 1 aliphatic rings. The van der Waals surface area contributed by atoms with Crippen molar-refractivity contribution in [2.45, 2.75) is 37.0 Å². The zero-order valence-electron chi connectivity index (χ0n) is 15.6. The highest BCUT2D eigenvalue weighted by Gasteiger charge is 2.30. The number of hydrogen-bond acceptors (Lipinski definition) is 6. The number of para-hydroxylation sites is 1. The van der Waals surface area contributed by atoms with Crippen LogP contribution in [0.25, 0.3) is 0 Å². The third-order valence-electron chi connectivity index (χ3n) is 4.18. The van der Waals surface area contributed by atoms with Crippen molar-refractivity contribution in [1.29, 1.82) is 10.5 Å². The van der Waals surface area contributed by atoms with E-state index < -0.39 is 0 Å². The summed E-state index contributed by atoms with van der Waals surface area (Å²) in [7, 11) is 0. The van der Waals surface area contributed by atoms with E-state index in [2.05, 4.69) is 31.3 Å². The van der Waals surface area contributed by atoms with Crippen LogP contribution in [0.3, 0.4) is 0 Å². The number of nitrogens with one attached hydrogen (secondary N) is 1. The Morgan fingerprint density at radius 3 is 2.44 bits per heavy atom. The Bertz CT molecular complexity index is 942. The molecule has 0 fully saturated rings. The molecule has 2 aromatic carbocycles. The second kappa shape index (κ2) is 8.24. The van der Waals surface area contributed by atoms with Crippen LogP contribution in [0.15, 0.2) is 34.1 Å². The summed E-state index contributed by atoms with van der Waals surface area (Å²) in [4.78, 5) is 1.83. The third kappa shape index (κ3) is 3.67. The average Bonchev–Trinajstić information content (AvgIpc) is 2.67. The van der Waals surface area contributed by atoms with Crippen LogP contribution in [0.2, 0.25) is 0 Å². The van der Waals surface area contributed by atoms with E-state index in [1.807, 2.05) is 31.2 Å². The molecule has 138 valence electrons. The summed E-state index contributed by atoms with van der Waals surface area (Å²) in [6.07, 6.45) is 0.865. The summed E-state index contributed by atoms with van der Waals surface area (Å²) in [6, 6.07) is 12.2. The molecule has 0 amide bonds. The molecule has 1 N–H and O–H groups in total. The van der Waals surface area contributed by atoms with Gasteiger partial charge in [0.1, 0.15) is 29.0 Å². The smallest absolute Gasteiger partial charge is 0.163 e. The highest BCUT2D eigenvalue weighted by atomic mass is 32.2. The van der Waals surface area contributed by atoms with Crippen LogP contribution >= 0.6 is 11.8 Å². The molecule has 1 aliphatic heterocycles. The molecule has 0 spiro atoms. The number of fused-ring (bicyclic) bond motifs is 2. The van der Waals surface area contributed by atoms with Crippen LogP contribution < -0.4 is 14.8 Å². The Balaban J connectivity index is 2.18. The zero-order chi connectivity index (χ0) is 19.4. The fourth-order valence-corrected chi connectivity index (χ4v) is 3.93. The van der Waals surface area contributed by atoms with E-state index in [1.54, 1.807) is 0 Å². The molecule has 27 heavy (non-hydrogen) atoms. The van der Waals surface area contributed by atoms with Crippen molar-refractivity contribution in [1.82, 2.24) is 0 Å². The van der Waals surface area contributed by atoms with Crippen molar-refractivity contribution in [3.63, 3.8) is 0 Å². The van der Waals surface area contributed by atoms with E-state index in [4.69, 9.17) is 9.47 Å². The van der Waals surface area contributed by atoms with Crippen molar-refractivity contribution in [3.05, 3.63) is 35.4 Å². The molecule has 0 radical (unpaired) electrons. The van der Waals surface area contributed by atoms with Gasteiger partial charge in [-0.05, 0) is 31.4 Å². The van der Waals surface area contributed by atoms with Gasteiger partial charge >= 0.3 is 0 Å². The molecular weight excluding hydrogens is 358 g/mol. The van der Waals surface area contributed by atoms with E-state index in [-0.39, 0.29) is 11.1 Å². The largest absolute Gasteiger partial charge is 0.491 e. The van der Waals surface area contributed by atoms with E-state index in [9.17, 15) is 10.5 Å². The Morgan fingerprint density at radius 2 is 1.78 bits per heavy atom. The maximum absolute atomic E-state index is 9.76. The molecule has 2 aromatic rings. The van der Waals surface area contributed by atoms with Gasteiger partial charge in [0.15, 0.2) is 11.5 Å². The van der Waals surface area contributed by atoms with Crippen LogP contribution in [-0.2, 0) is 0 Å². The standard InChI is InChI=1S/C21H21N3O2S/c1-4-25-19-14(11-22)15(12-23)20(26-10-9-13(2)3)21-18(19)24-16-7-5-6-8-17(16)27-21/h5-8,13,24H,4,9-10H2,1-3H3. The number of hydrogen-bond donors (Lipinski definition) is 1. The lowest BCUT2D eigenvalue weighted by Crippen LogP contribution is -2.11. The van der Waals surface area contributed by atoms with Gasteiger partial charge in [0, 0.05) is 4.90 Å². The predicted octanol–water partition coefficient (Wildman–Crippen LogP) is 5.46. The van der Waals surface area contributed by atoms with Gasteiger partial charge in [-0.3, -0.25) is 0 Å². The summed E-state index contributed by atoms with van der Waals surface area (Å²) in [6.45, 7) is 6.98. The lowest BCUT2D eigenvalue weighted by molar-refractivity contribution is 0.281. The minimum absolute atomic E-state index is 0.213. The SMILES string of the molecule is CCOc1c(C#N)c(C#N)c(OCCC(C)C)c2c1Nc1ccccc1S2. The van der Waals surface area contributed by atoms with Gasteiger partial charge < -0.3 is 14.8 Å². The minimum atomic E-state index is 0.213. The van der Waals surface area contributed by atoms with Gasteiger partial charge in [-0.2, -0.15) is 10.5 Å². The highest BCUT2D eigenvalue weighted by molar-refractivity contribution is 7.99. The number of anilines is 2. The molecule has 5 nitrogen and oxygen atoms in total. The lowest BCUT2D eigenvalue weighted by Gasteiger charge is -2.26. The van der Waals surface area contributed by atoms with Crippen molar-refractivity contribution in [2.75, 3.05) is 18.5 Å². The van der Waals surface area contributed by atoms with Gasteiger partial charge in [0.05, 0.1) is 23.8 Å². The number of benzene rings is 2. The first kappa shape index (κ1) is 18.9. The molecule has 1 heterocycles. The minimum Gasteiger partial charge on any atom is -0.491 e. The number of rotatable bonds is 6. The Morgan fingerprint density at radius 1 is 1.07 bits per heavy atom. The Labute approximate surface area is 163 Å². The predicted molar refractivity (Wildman–Crippen MR) is 106 cm³/mol. The summed E-state index contributed by atoms with van der Waals surface area (Å²) < 4.78 is 11.8. The second-order valence-electron chi connectivity index (χ2n) is 6.52. The molecule has 0 saturated carbocycles. The van der Waals surface area contributed by atoms with E-state index in [0.717, 1.165) is 21.9 Å². The average molecular weight is 379 g/mol. The quantitative estimate of drug-likeness (QED) is 0.612. The van der Waals surface area contributed by atoms with Gasteiger partial charge in [0.2, 0.25) is 0 Å². The molecule has 3 rings (SSSR count). The van der Waals surface area contributed by atoms with Crippen LogP contribution in [0, 0.1) is 28.6 Å². The third-order valence-corrected chi connectivity index (χ3v) is 5.35. The van der Waals surface area contributed by atoms with Crippen LogP contribution in [0.1, 0.15) is 38.3 Å². The summed E-state index contributed by atoms with van der Waals surface area (Å²) in [5.41, 5.74) is 2.08. The first-order valence-corrected chi connectivity index (χ1v) is 9.75. The zero-order valence-corrected chi connectivity index (χ0v) is 16.4. The highest BCUT2D eigenvalue weighted by Crippen LogP contribution is 2.54. The van der Waals surface area contributed by atoms with Crippen molar-refractivity contribution < 1.29 is 9.47 Å². The summed E-state index contributed by atoms with van der Waals surface area (Å²) in [5, 5.41) is 22.9. The summed E-state index contributed by atoms with van der Waals surface area (Å²) in [5.74, 6) is 1.35. The monoisotopic (exact) mass is 379 g/mol. The molecule has 6 heteroatoms. The molecule has 0 saturated heterocycles. The van der Waals surface area contributed by atoms with Crippen molar-refractivity contribution >= 4 is 23.1 Å². The molecular formula is C21H21N3O2S. The fourth-order valence-electron chi connectivity index (χ4n) is 2.83. The van der Waals surface area contributed by atoms with E-state index in [1.165, 1.54) is 11.8 Å². The first-order valence-electron chi connectivity index (χ1n) is 8.94. The molecule has 0 aliphatic carbocycles. The first-order chi connectivity index (χ1) is 13.1. The van der Waals surface area contributed by atoms with Gasteiger partial charge in [0.25, 0.3) is 0 Å². The van der Waals surface area contributed by atoms with Crippen molar-refractivity contribution in [2.24, 2.45) is 5.92 Å². The maximum atomic E-state index is 9.76. The van der Waals surface area contributed by atoms with Crippen LogP contribution in [-0.4, -0.2) is 13.2 Å². The molecule has 0 aromatic heterocycles. The molecule has 0 unspecified atom stereocenters. The van der Waals surface area contributed by atoms with E-state index in [0.29, 0.717) is 36.3 Å². The lowest BCUT2D eigenvalue weighted by atomic mass is 10.0. The fraction of sp³-hybridized carbons (Fsp3) is 0.333. The van der Waals surface area contributed by atoms with Gasteiger partial charge in [-0.1, -0.05) is 37.7 Å². The summed E-state index contributed by atoms with van der Waals surface area (Å²) >= 11 is 1.53. The normalized spacial score (nSPS) is 11.6. The topological polar surface area (TPSA) is 78.1 Å². The van der Waals surface area contributed by atoms with Crippen LogP contribution in [0.4, 0.5) is 11.4 Å². The van der Waals surface area contributed by atoms with Crippen LogP contribution in [0.5, 0.6) is 11.5 Å². The van der Waals surface area contributed by atoms with Crippen molar-refractivity contribution in [3.8, 4) is 23.6 Å². The van der Waals surface area contributed by atoms with E-state index >= 15 is 0 Å². The second-order valence-corrected chi connectivity index (χ2v) is 7.58. The van der Waals surface area contributed by atoms with Gasteiger partial charge in [-0.25, -0.2) is 0 Å². The number of ether oxygens (including phenoxy) is 2. The Kier molecular flexibility index (Phi) is 5.78. The molecule has 0 bridgehead atoms. The number of nitriles is 2. The maximum Gasteiger partial charge on any atom is 0.163 e. The van der Waals surface area contributed by atoms with Gasteiger partial charge in [-0.15, -0.1) is 0 Å². The molecule has 0 atom stereocenters.